The SMILES string of the molecule is NCC1CCCN1Cc1cccc(-c2cccc(-c3nc4ccc(F)cc4[nH]3)c2)c1.O=C(O)C(F)(F)F. The molecule has 1 fully saturated rings. The highest BCUT2D eigenvalue weighted by molar-refractivity contribution is 5.80. The molecule has 0 bridgehead atoms. The Balaban J connectivity index is 0.000000405. The van der Waals surface area contributed by atoms with E-state index in [4.69, 9.17) is 15.6 Å². The number of halogens is 4. The zero-order valence-electron chi connectivity index (χ0n) is 19.8. The Hall–Kier alpha value is -3.76. The number of hydrogen-bond donors (Lipinski definition) is 3. The van der Waals surface area contributed by atoms with Crippen molar-refractivity contribution in [2.75, 3.05) is 13.1 Å². The van der Waals surface area contributed by atoms with Crippen molar-refractivity contribution in [1.29, 1.82) is 0 Å². The van der Waals surface area contributed by atoms with E-state index < -0.39 is 12.1 Å². The monoisotopic (exact) mass is 514 g/mol. The van der Waals surface area contributed by atoms with Crippen LogP contribution in [0, 0.1) is 5.82 Å². The third-order valence-corrected chi connectivity index (χ3v) is 6.24. The Morgan fingerprint density at radius 3 is 2.43 bits per heavy atom. The number of rotatable bonds is 5. The van der Waals surface area contributed by atoms with Crippen molar-refractivity contribution >= 4 is 17.0 Å². The zero-order valence-corrected chi connectivity index (χ0v) is 19.8. The molecule has 37 heavy (non-hydrogen) atoms. The maximum atomic E-state index is 13.5. The van der Waals surface area contributed by atoms with Crippen LogP contribution in [-0.2, 0) is 11.3 Å². The molecule has 1 unspecified atom stereocenters. The molecule has 4 aromatic rings. The topological polar surface area (TPSA) is 95.2 Å². The third kappa shape index (κ3) is 6.52. The average Bonchev–Trinajstić information content (AvgIpc) is 3.50. The average molecular weight is 515 g/mol. The lowest BCUT2D eigenvalue weighted by atomic mass is 10.0. The van der Waals surface area contributed by atoms with Crippen LogP contribution in [0.25, 0.3) is 33.5 Å². The second-order valence-electron chi connectivity index (χ2n) is 8.83. The molecule has 1 saturated heterocycles. The van der Waals surface area contributed by atoms with Crippen LogP contribution in [0.15, 0.2) is 66.7 Å². The predicted molar refractivity (Wildman–Crippen MR) is 133 cm³/mol. The van der Waals surface area contributed by atoms with Gasteiger partial charge in [0.2, 0.25) is 0 Å². The number of benzene rings is 3. The van der Waals surface area contributed by atoms with E-state index in [1.807, 2.05) is 12.1 Å². The molecular weight excluding hydrogens is 488 g/mol. The van der Waals surface area contributed by atoms with Crippen LogP contribution >= 0.6 is 0 Å². The molecule has 10 heteroatoms. The van der Waals surface area contributed by atoms with E-state index in [-0.39, 0.29) is 5.82 Å². The summed E-state index contributed by atoms with van der Waals surface area (Å²) in [5.74, 6) is -2.28. The van der Waals surface area contributed by atoms with Crippen molar-refractivity contribution in [1.82, 2.24) is 14.9 Å². The molecule has 0 aliphatic carbocycles. The number of aromatic nitrogens is 2. The first-order valence-electron chi connectivity index (χ1n) is 11.7. The molecule has 0 saturated carbocycles. The van der Waals surface area contributed by atoms with Gasteiger partial charge in [-0.05, 0) is 66.4 Å². The zero-order chi connectivity index (χ0) is 26.6. The Kier molecular flexibility index (Phi) is 7.89. The molecule has 1 atom stereocenters. The number of fused-ring (bicyclic) bond motifs is 1. The standard InChI is InChI=1S/C25H25FN4.C2HF3O2/c26-21-9-10-23-24(14-21)29-25(28-23)20-7-2-6-19(13-20)18-5-1-4-17(12-18)16-30-11-3-8-22(30)15-27;3-2(4,5)1(6)7/h1-2,4-7,9-10,12-14,22H,3,8,11,15-16,27H2,(H,28,29);(H,6,7). The van der Waals surface area contributed by atoms with Crippen LogP contribution in [0.4, 0.5) is 17.6 Å². The Bertz CT molecular complexity index is 1390. The number of H-pyrrole nitrogens is 1. The molecule has 1 aliphatic rings. The van der Waals surface area contributed by atoms with E-state index in [0.717, 1.165) is 42.1 Å². The van der Waals surface area contributed by atoms with Crippen LogP contribution < -0.4 is 5.73 Å². The summed E-state index contributed by atoms with van der Waals surface area (Å²) in [6.45, 7) is 2.78. The molecular formula is C27H26F4N4O2. The summed E-state index contributed by atoms with van der Waals surface area (Å²) >= 11 is 0. The smallest absolute Gasteiger partial charge is 0.475 e. The summed E-state index contributed by atoms with van der Waals surface area (Å²) in [6, 6.07) is 22.1. The highest BCUT2D eigenvalue weighted by Gasteiger charge is 2.38. The highest BCUT2D eigenvalue weighted by Crippen LogP contribution is 2.28. The van der Waals surface area contributed by atoms with Gasteiger partial charge in [0.15, 0.2) is 0 Å². The lowest BCUT2D eigenvalue weighted by Crippen LogP contribution is -2.34. The van der Waals surface area contributed by atoms with Gasteiger partial charge in [0.1, 0.15) is 11.6 Å². The van der Waals surface area contributed by atoms with Gasteiger partial charge in [-0.1, -0.05) is 36.4 Å². The maximum Gasteiger partial charge on any atom is 0.490 e. The van der Waals surface area contributed by atoms with E-state index in [1.165, 1.54) is 36.1 Å². The Morgan fingerprint density at radius 1 is 1.05 bits per heavy atom. The van der Waals surface area contributed by atoms with E-state index >= 15 is 0 Å². The fourth-order valence-corrected chi connectivity index (χ4v) is 4.42. The fourth-order valence-electron chi connectivity index (χ4n) is 4.42. The van der Waals surface area contributed by atoms with Crippen molar-refractivity contribution in [3.63, 3.8) is 0 Å². The van der Waals surface area contributed by atoms with Crippen LogP contribution in [0.2, 0.25) is 0 Å². The van der Waals surface area contributed by atoms with Crippen molar-refractivity contribution in [3.05, 3.63) is 78.1 Å². The number of carbonyl (C=O) groups is 1. The number of nitrogens with one attached hydrogen (secondary N) is 1. The van der Waals surface area contributed by atoms with Gasteiger partial charge in [-0.15, -0.1) is 0 Å². The Morgan fingerprint density at radius 2 is 1.73 bits per heavy atom. The summed E-state index contributed by atoms with van der Waals surface area (Å²) in [5.41, 5.74) is 12.0. The second-order valence-corrected chi connectivity index (χ2v) is 8.83. The van der Waals surface area contributed by atoms with Gasteiger partial charge >= 0.3 is 12.1 Å². The van der Waals surface area contributed by atoms with Crippen molar-refractivity contribution in [2.45, 2.75) is 31.6 Å². The fraction of sp³-hybridized carbons (Fsp3) is 0.259. The molecule has 1 aliphatic heterocycles. The van der Waals surface area contributed by atoms with Crippen molar-refractivity contribution in [3.8, 4) is 22.5 Å². The number of aliphatic carboxylic acids is 1. The molecule has 0 spiro atoms. The quantitative estimate of drug-likeness (QED) is 0.302. The Labute approximate surface area is 210 Å². The first-order chi connectivity index (χ1) is 17.6. The minimum atomic E-state index is -5.08. The van der Waals surface area contributed by atoms with Gasteiger partial charge < -0.3 is 15.8 Å². The van der Waals surface area contributed by atoms with Crippen LogP contribution in [-0.4, -0.2) is 51.3 Å². The third-order valence-electron chi connectivity index (χ3n) is 6.24. The number of carboxylic acid groups (broad SMARTS) is 1. The molecule has 2 heterocycles. The van der Waals surface area contributed by atoms with Crippen LogP contribution in [0.3, 0.4) is 0 Å². The molecule has 0 amide bonds. The highest BCUT2D eigenvalue weighted by atomic mass is 19.4. The van der Waals surface area contributed by atoms with E-state index in [2.05, 4.69) is 51.3 Å². The van der Waals surface area contributed by atoms with Crippen molar-refractivity contribution in [2.24, 2.45) is 5.73 Å². The molecule has 6 nitrogen and oxygen atoms in total. The van der Waals surface area contributed by atoms with E-state index in [1.54, 1.807) is 6.07 Å². The van der Waals surface area contributed by atoms with Crippen LogP contribution in [0.5, 0.6) is 0 Å². The summed E-state index contributed by atoms with van der Waals surface area (Å²) in [6.07, 6.45) is -2.66. The number of alkyl halides is 3. The van der Waals surface area contributed by atoms with E-state index in [0.29, 0.717) is 11.6 Å². The first-order valence-corrected chi connectivity index (χ1v) is 11.7. The number of likely N-dealkylation sites (tertiary alicyclic amines) is 1. The summed E-state index contributed by atoms with van der Waals surface area (Å²) in [5, 5.41) is 7.12. The van der Waals surface area contributed by atoms with Gasteiger partial charge in [0, 0.05) is 24.7 Å². The number of aromatic amines is 1. The van der Waals surface area contributed by atoms with E-state index in [9.17, 15) is 17.6 Å². The van der Waals surface area contributed by atoms with Gasteiger partial charge in [0.05, 0.1) is 11.0 Å². The predicted octanol–water partition coefficient (Wildman–Crippen LogP) is 5.59. The minimum absolute atomic E-state index is 0.266. The van der Waals surface area contributed by atoms with Gasteiger partial charge in [0.25, 0.3) is 0 Å². The summed E-state index contributed by atoms with van der Waals surface area (Å²) in [7, 11) is 0. The normalized spacial score (nSPS) is 16.0. The molecule has 1 aromatic heterocycles. The number of imidazole rings is 1. The second kappa shape index (κ2) is 11.1. The van der Waals surface area contributed by atoms with Crippen LogP contribution in [0.1, 0.15) is 18.4 Å². The number of nitrogens with two attached hydrogens (primary N) is 1. The lowest BCUT2D eigenvalue weighted by molar-refractivity contribution is -0.192. The summed E-state index contributed by atoms with van der Waals surface area (Å²) < 4.78 is 45.2. The summed E-state index contributed by atoms with van der Waals surface area (Å²) in [4.78, 5) is 19.2. The van der Waals surface area contributed by atoms with Gasteiger partial charge in [-0.3, -0.25) is 4.90 Å². The molecule has 0 radical (unpaired) electrons. The number of hydrogen-bond acceptors (Lipinski definition) is 4. The lowest BCUT2D eigenvalue weighted by Gasteiger charge is -2.23. The minimum Gasteiger partial charge on any atom is -0.475 e. The maximum absolute atomic E-state index is 13.5. The molecule has 3 aromatic carbocycles. The first kappa shape index (κ1) is 26.3. The van der Waals surface area contributed by atoms with Crippen molar-refractivity contribution < 1.29 is 27.5 Å². The molecule has 194 valence electrons. The van der Waals surface area contributed by atoms with Gasteiger partial charge in [-0.2, -0.15) is 13.2 Å². The largest absolute Gasteiger partial charge is 0.490 e. The van der Waals surface area contributed by atoms with Gasteiger partial charge in [-0.25, -0.2) is 14.2 Å². The molecule has 4 N–H and O–H groups in total. The number of nitrogens with zero attached hydrogens (tertiary/aromatic N) is 2. The molecule has 5 rings (SSSR count). The number of carboxylic acids is 1.